The Kier molecular flexibility index (Phi) is 6.06. The Morgan fingerprint density at radius 3 is 1.72 bits per heavy atom. The van der Waals surface area contributed by atoms with Gasteiger partial charge in [-0.1, -0.05) is 60.7 Å². The first-order valence-electron chi connectivity index (χ1n) is 8.32. The molecule has 0 radical (unpaired) electrons. The van der Waals surface area contributed by atoms with E-state index in [9.17, 15) is 0 Å². The third kappa shape index (κ3) is 4.85. The quantitative estimate of drug-likeness (QED) is 0.422. The van der Waals surface area contributed by atoms with Crippen LogP contribution in [0, 0.1) is 0 Å². The van der Waals surface area contributed by atoms with Crippen LogP contribution in [-0.4, -0.2) is 9.97 Å². The monoisotopic (exact) mass is 324 g/mol. The van der Waals surface area contributed by atoms with Gasteiger partial charge in [-0.25, -0.2) is 0 Å². The van der Waals surface area contributed by atoms with Crippen molar-refractivity contribution in [1.29, 1.82) is 0 Å². The van der Waals surface area contributed by atoms with Gasteiger partial charge in [-0.15, -0.1) is 0 Å². The van der Waals surface area contributed by atoms with E-state index in [1.807, 2.05) is 36.4 Å². The average Bonchev–Trinajstić information content (AvgIpc) is 2.72. The van der Waals surface area contributed by atoms with Gasteiger partial charge in [0.15, 0.2) is 0 Å². The lowest BCUT2D eigenvalue weighted by Gasteiger charge is -2.11. The lowest BCUT2D eigenvalue weighted by molar-refractivity contribution is 1.29. The van der Waals surface area contributed by atoms with Crippen LogP contribution in [0.5, 0.6) is 0 Å². The van der Waals surface area contributed by atoms with Gasteiger partial charge in [-0.05, 0) is 52.6 Å². The normalized spacial score (nSPS) is 10.9. The third-order valence-electron chi connectivity index (χ3n) is 3.79. The van der Waals surface area contributed by atoms with Crippen molar-refractivity contribution in [3.8, 4) is 0 Å². The van der Waals surface area contributed by atoms with E-state index >= 15 is 0 Å². The number of aromatic nitrogens is 2. The molecule has 0 aliphatic heterocycles. The number of rotatable bonds is 0. The summed E-state index contributed by atoms with van der Waals surface area (Å²) in [4.78, 5) is 7.57. The molecule has 4 aromatic rings. The molecule has 0 unspecified atom stereocenters. The first kappa shape index (κ1) is 16.6. The summed E-state index contributed by atoms with van der Waals surface area (Å²) in [6.45, 7) is 0. The van der Waals surface area contributed by atoms with E-state index in [0.29, 0.717) is 0 Å². The Labute approximate surface area is 148 Å². The number of hydrogen-bond donors (Lipinski definition) is 0. The molecule has 0 saturated carbocycles. The highest BCUT2D eigenvalue weighted by molar-refractivity contribution is 5.94. The zero-order chi connectivity index (χ0) is 17.2. The number of hydrogen-bond acceptors (Lipinski definition) is 2. The molecule has 2 aromatic carbocycles. The average molecular weight is 324 g/mol. The van der Waals surface area contributed by atoms with Crippen molar-refractivity contribution in [3.05, 3.63) is 115 Å². The standard InChI is InChI=1S/C13H10.2C5H5N/c1-4-10-6-2-8-12-9-3-7-11(5-1)13(10)12;2*1-2-4-6-5-3-1/h1-8H,9H2;2*1-5H. The van der Waals surface area contributed by atoms with Crippen molar-refractivity contribution in [2.75, 3.05) is 0 Å². The van der Waals surface area contributed by atoms with E-state index in [1.165, 1.54) is 21.9 Å². The van der Waals surface area contributed by atoms with Gasteiger partial charge in [0.05, 0.1) is 0 Å². The molecule has 2 heteroatoms. The molecular formula is C23H20N2. The molecule has 25 heavy (non-hydrogen) atoms. The van der Waals surface area contributed by atoms with Gasteiger partial charge >= 0.3 is 0 Å². The van der Waals surface area contributed by atoms with Crippen molar-refractivity contribution in [2.45, 2.75) is 6.42 Å². The Hall–Kier alpha value is -3.26. The summed E-state index contributed by atoms with van der Waals surface area (Å²) in [6.07, 6.45) is 12.5. The van der Waals surface area contributed by atoms with Crippen LogP contribution in [0.4, 0.5) is 0 Å². The number of nitrogens with zero attached hydrogens (tertiary/aromatic N) is 2. The molecule has 2 nitrogen and oxygen atoms in total. The predicted molar refractivity (Wildman–Crippen MR) is 105 cm³/mol. The fourth-order valence-corrected chi connectivity index (χ4v) is 2.70. The van der Waals surface area contributed by atoms with Crippen LogP contribution in [0.25, 0.3) is 16.8 Å². The maximum atomic E-state index is 3.78. The minimum Gasteiger partial charge on any atom is -0.265 e. The highest BCUT2D eigenvalue weighted by atomic mass is 14.6. The molecule has 2 aromatic heterocycles. The molecular weight excluding hydrogens is 304 g/mol. The largest absolute Gasteiger partial charge is 0.265 e. The molecule has 1 aliphatic rings. The van der Waals surface area contributed by atoms with Crippen molar-refractivity contribution in [1.82, 2.24) is 9.97 Å². The Bertz CT molecular complexity index is 826. The Balaban J connectivity index is 0.000000127. The first-order chi connectivity index (χ1) is 12.4. The molecule has 0 bridgehead atoms. The van der Waals surface area contributed by atoms with Crippen LogP contribution in [0.15, 0.2) is 104 Å². The number of benzene rings is 2. The van der Waals surface area contributed by atoms with Gasteiger partial charge in [0, 0.05) is 24.8 Å². The third-order valence-corrected chi connectivity index (χ3v) is 3.79. The van der Waals surface area contributed by atoms with Crippen molar-refractivity contribution in [3.63, 3.8) is 0 Å². The summed E-state index contributed by atoms with van der Waals surface area (Å²) in [5.74, 6) is 0. The molecule has 0 N–H and O–H groups in total. The summed E-state index contributed by atoms with van der Waals surface area (Å²) in [5, 5.41) is 2.80. The fraction of sp³-hybridized carbons (Fsp3) is 0.0435. The fourth-order valence-electron chi connectivity index (χ4n) is 2.70. The molecule has 0 amide bonds. The topological polar surface area (TPSA) is 25.8 Å². The summed E-state index contributed by atoms with van der Waals surface area (Å²) < 4.78 is 0. The Morgan fingerprint density at radius 2 is 1.20 bits per heavy atom. The molecule has 0 atom stereocenters. The summed E-state index contributed by atoms with van der Waals surface area (Å²) in [6, 6.07) is 24.5. The van der Waals surface area contributed by atoms with E-state index in [-0.39, 0.29) is 0 Å². The zero-order valence-corrected chi connectivity index (χ0v) is 14.0. The molecule has 5 rings (SSSR count). The minimum atomic E-state index is 1.08. The van der Waals surface area contributed by atoms with Gasteiger partial charge in [0.25, 0.3) is 0 Å². The predicted octanol–water partition coefficient (Wildman–Crippen LogP) is 5.57. The van der Waals surface area contributed by atoms with E-state index in [1.54, 1.807) is 24.8 Å². The molecule has 2 heterocycles. The maximum Gasteiger partial charge on any atom is 0.0267 e. The van der Waals surface area contributed by atoms with Crippen molar-refractivity contribution >= 4 is 16.8 Å². The van der Waals surface area contributed by atoms with Gasteiger partial charge in [0.2, 0.25) is 0 Å². The van der Waals surface area contributed by atoms with Crippen LogP contribution >= 0.6 is 0 Å². The second-order valence-electron chi connectivity index (χ2n) is 5.52. The van der Waals surface area contributed by atoms with Crippen LogP contribution in [-0.2, 0) is 6.42 Å². The highest BCUT2D eigenvalue weighted by Crippen LogP contribution is 2.27. The highest BCUT2D eigenvalue weighted by Gasteiger charge is 2.06. The van der Waals surface area contributed by atoms with Gasteiger partial charge in [-0.3, -0.25) is 9.97 Å². The van der Waals surface area contributed by atoms with Gasteiger partial charge in [0.1, 0.15) is 0 Å². The Morgan fingerprint density at radius 1 is 0.600 bits per heavy atom. The maximum absolute atomic E-state index is 3.78. The second kappa shape index (κ2) is 9.14. The lowest BCUT2D eigenvalue weighted by Crippen LogP contribution is -1.91. The van der Waals surface area contributed by atoms with Gasteiger partial charge in [-0.2, -0.15) is 0 Å². The van der Waals surface area contributed by atoms with E-state index < -0.39 is 0 Å². The van der Waals surface area contributed by atoms with Gasteiger partial charge < -0.3 is 0 Å². The SMILES string of the molecule is C1=Cc2cccc3cccc(c23)C1.c1ccncc1.c1ccncc1. The van der Waals surface area contributed by atoms with Crippen LogP contribution in [0.1, 0.15) is 11.1 Å². The van der Waals surface area contributed by atoms with Crippen LogP contribution in [0.3, 0.4) is 0 Å². The molecule has 1 aliphatic carbocycles. The summed E-state index contributed by atoms with van der Waals surface area (Å²) >= 11 is 0. The zero-order valence-electron chi connectivity index (χ0n) is 14.0. The number of pyridine rings is 2. The lowest BCUT2D eigenvalue weighted by atomic mass is 9.93. The smallest absolute Gasteiger partial charge is 0.0267 e. The van der Waals surface area contributed by atoms with E-state index in [4.69, 9.17) is 0 Å². The van der Waals surface area contributed by atoms with Crippen molar-refractivity contribution in [2.24, 2.45) is 0 Å². The molecule has 122 valence electrons. The molecule has 0 saturated heterocycles. The summed E-state index contributed by atoms with van der Waals surface area (Å²) in [5.41, 5.74) is 2.81. The second-order valence-corrected chi connectivity index (χ2v) is 5.52. The van der Waals surface area contributed by atoms with Crippen molar-refractivity contribution < 1.29 is 0 Å². The summed E-state index contributed by atoms with van der Waals surface area (Å²) in [7, 11) is 0. The molecule has 0 spiro atoms. The van der Waals surface area contributed by atoms with E-state index in [0.717, 1.165) is 6.42 Å². The molecule has 0 fully saturated rings. The first-order valence-corrected chi connectivity index (χ1v) is 8.32. The van der Waals surface area contributed by atoms with E-state index in [2.05, 4.69) is 58.5 Å². The number of allylic oxidation sites excluding steroid dienone is 1. The van der Waals surface area contributed by atoms with Crippen LogP contribution in [0.2, 0.25) is 0 Å². The minimum absolute atomic E-state index is 1.08. The van der Waals surface area contributed by atoms with Crippen LogP contribution < -0.4 is 0 Å².